The molecule has 0 radical (unpaired) electrons. The maximum absolute atomic E-state index is 12.1. The third kappa shape index (κ3) is 6.44. The number of benzene rings is 1. The van der Waals surface area contributed by atoms with Crippen LogP contribution in [0, 0.1) is 0 Å². The van der Waals surface area contributed by atoms with Gasteiger partial charge in [0.25, 0.3) is 11.8 Å². The van der Waals surface area contributed by atoms with Crippen LogP contribution in [0.4, 0.5) is 0 Å². The fourth-order valence-electron chi connectivity index (χ4n) is 2.07. The van der Waals surface area contributed by atoms with Gasteiger partial charge in [-0.3, -0.25) is 14.6 Å². The molecule has 1 aromatic carbocycles. The van der Waals surface area contributed by atoms with Gasteiger partial charge in [-0.25, -0.2) is 0 Å². The van der Waals surface area contributed by atoms with Crippen molar-refractivity contribution >= 4 is 23.4 Å². The fourth-order valence-corrected chi connectivity index (χ4v) is 2.19. The van der Waals surface area contributed by atoms with E-state index < -0.39 is 5.91 Å². The zero-order chi connectivity index (χ0) is 18.8. The molecule has 0 aliphatic rings. The fraction of sp³-hybridized carbons (Fsp3) is 0.278. The third-order valence-electron chi connectivity index (χ3n) is 3.37. The van der Waals surface area contributed by atoms with Gasteiger partial charge in [0.2, 0.25) is 0 Å². The summed E-state index contributed by atoms with van der Waals surface area (Å²) >= 11 is 5.81. The Labute approximate surface area is 156 Å². The highest BCUT2D eigenvalue weighted by Gasteiger charge is 2.11. The number of carbonyl (C=O) groups excluding carboxylic acids is 2. The van der Waals surface area contributed by atoms with E-state index in [1.807, 2.05) is 12.1 Å². The standard InChI is InChI=1S/C18H20ClN3O4/c19-15-3-1-13(2-4-15)12-26-10-8-22-18(25)16-11-14(5-6-20-16)17(24)21-7-9-23/h1-6,11,23H,7-10,12H2,(H,21,24)(H,22,25). The van der Waals surface area contributed by atoms with Crippen LogP contribution in [0.15, 0.2) is 42.6 Å². The average molecular weight is 378 g/mol. The number of hydrogen-bond donors (Lipinski definition) is 3. The lowest BCUT2D eigenvalue weighted by molar-refractivity contribution is 0.0896. The Balaban J connectivity index is 1.75. The maximum atomic E-state index is 12.1. The largest absolute Gasteiger partial charge is 0.395 e. The number of aliphatic hydroxyl groups is 1. The summed E-state index contributed by atoms with van der Waals surface area (Å²) in [7, 11) is 0. The van der Waals surface area contributed by atoms with Crippen molar-refractivity contribution in [1.29, 1.82) is 0 Å². The highest BCUT2D eigenvalue weighted by molar-refractivity contribution is 6.30. The summed E-state index contributed by atoms with van der Waals surface area (Å²) in [6.07, 6.45) is 1.39. The molecule has 2 rings (SSSR count). The molecular formula is C18H20ClN3O4. The van der Waals surface area contributed by atoms with Crippen LogP contribution in [0.3, 0.4) is 0 Å². The zero-order valence-corrected chi connectivity index (χ0v) is 14.8. The molecular weight excluding hydrogens is 358 g/mol. The minimum absolute atomic E-state index is 0.138. The Morgan fingerprint density at radius 3 is 2.54 bits per heavy atom. The van der Waals surface area contributed by atoms with Gasteiger partial charge in [-0.15, -0.1) is 0 Å². The molecule has 2 aromatic rings. The monoisotopic (exact) mass is 377 g/mol. The highest BCUT2D eigenvalue weighted by Crippen LogP contribution is 2.10. The van der Waals surface area contributed by atoms with E-state index >= 15 is 0 Å². The number of halogens is 1. The van der Waals surface area contributed by atoms with Crippen LogP contribution in [0.5, 0.6) is 0 Å². The number of nitrogens with zero attached hydrogens (tertiary/aromatic N) is 1. The Morgan fingerprint density at radius 1 is 1.08 bits per heavy atom. The van der Waals surface area contributed by atoms with Crippen LogP contribution in [0.25, 0.3) is 0 Å². The molecule has 1 aromatic heterocycles. The van der Waals surface area contributed by atoms with Crippen molar-refractivity contribution in [1.82, 2.24) is 15.6 Å². The molecule has 0 spiro atoms. The van der Waals surface area contributed by atoms with Crippen LogP contribution in [-0.2, 0) is 11.3 Å². The number of pyridine rings is 1. The summed E-state index contributed by atoms with van der Waals surface area (Å²) in [6, 6.07) is 10.2. The topological polar surface area (TPSA) is 101 Å². The van der Waals surface area contributed by atoms with Crippen molar-refractivity contribution in [3.05, 3.63) is 64.4 Å². The SMILES string of the molecule is O=C(NCCO)c1ccnc(C(=O)NCCOCc2ccc(Cl)cc2)c1. The van der Waals surface area contributed by atoms with Crippen LogP contribution >= 0.6 is 11.6 Å². The minimum atomic E-state index is -0.392. The van der Waals surface area contributed by atoms with Gasteiger partial charge in [-0.2, -0.15) is 0 Å². The van der Waals surface area contributed by atoms with Crippen molar-refractivity contribution in [3.8, 4) is 0 Å². The molecule has 0 unspecified atom stereocenters. The number of aliphatic hydroxyl groups excluding tert-OH is 1. The van der Waals surface area contributed by atoms with Gasteiger partial charge < -0.3 is 20.5 Å². The van der Waals surface area contributed by atoms with Crippen molar-refractivity contribution in [3.63, 3.8) is 0 Å². The Kier molecular flexibility index (Phi) is 8.01. The number of amides is 2. The van der Waals surface area contributed by atoms with Gasteiger partial charge >= 0.3 is 0 Å². The lowest BCUT2D eigenvalue weighted by Gasteiger charge is -2.08. The maximum Gasteiger partial charge on any atom is 0.269 e. The van der Waals surface area contributed by atoms with Gasteiger partial charge in [0.15, 0.2) is 0 Å². The average Bonchev–Trinajstić information content (AvgIpc) is 2.67. The van der Waals surface area contributed by atoms with E-state index in [2.05, 4.69) is 15.6 Å². The number of carbonyl (C=O) groups is 2. The summed E-state index contributed by atoms with van der Waals surface area (Å²) in [5, 5.41) is 14.6. The highest BCUT2D eigenvalue weighted by atomic mass is 35.5. The first-order valence-electron chi connectivity index (χ1n) is 8.05. The summed E-state index contributed by atoms with van der Waals surface area (Å²) in [5.41, 5.74) is 1.43. The molecule has 0 aliphatic heterocycles. The number of rotatable bonds is 9. The number of hydrogen-bond acceptors (Lipinski definition) is 5. The number of aromatic nitrogens is 1. The van der Waals surface area contributed by atoms with E-state index in [4.69, 9.17) is 21.4 Å². The predicted molar refractivity (Wildman–Crippen MR) is 97.1 cm³/mol. The van der Waals surface area contributed by atoms with Gasteiger partial charge in [0.1, 0.15) is 5.69 Å². The molecule has 0 fully saturated rings. The van der Waals surface area contributed by atoms with E-state index in [9.17, 15) is 9.59 Å². The molecule has 0 bridgehead atoms. The van der Waals surface area contributed by atoms with Crippen LogP contribution in [0.1, 0.15) is 26.4 Å². The normalized spacial score (nSPS) is 10.4. The first-order chi connectivity index (χ1) is 12.6. The van der Waals surface area contributed by atoms with Crippen LogP contribution in [0.2, 0.25) is 5.02 Å². The van der Waals surface area contributed by atoms with Crippen molar-refractivity contribution < 1.29 is 19.4 Å². The quantitative estimate of drug-likeness (QED) is 0.573. The Bertz CT molecular complexity index is 737. The predicted octanol–water partition coefficient (Wildman–Crippen LogP) is 1.40. The molecule has 3 N–H and O–H groups in total. The molecule has 7 nitrogen and oxygen atoms in total. The molecule has 0 saturated carbocycles. The van der Waals surface area contributed by atoms with Crippen molar-refractivity contribution in [2.45, 2.75) is 6.61 Å². The number of ether oxygens (including phenoxy) is 1. The second kappa shape index (κ2) is 10.5. The summed E-state index contributed by atoms with van der Waals surface area (Å²) in [6.45, 7) is 1.07. The zero-order valence-electron chi connectivity index (χ0n) is 14.1. The van der Waals surface area contributed by atoms with Crippen molar-refractivity contribution in [2.24, 2.45) is 0 Å². The molecule has 8 heteroatoms. The van der Waals surface area contributed by atoms with E-state index in [0.29, 0.717) is 30.3 Å². The van der Waals surface area contributed by atoms with E-state index in [-0.39, 0.29) is 24.8 Å². The summed E-state index contributed by atoms with van der Waals surface area (Å²) in [4.78, 5) is 27.9. The smallest absolute Gasteiger partial charge is 0.269 e. The second-order valence-electron chi connectivity index (χ2n) is 5.34. The van der Waals surface area contributed by atoms with E-state index in [0.717, 1.165) is 5.56 Å². The molecule has 0 atom stereocenters. The number of nitrogens with one attached hydrogen (secondary N) is 2. The van der Waals surface area contributed by atoms with Gasteiger partial charge in [0.05, 0.1) is 19.8 Å². The molecule has 0 aliphatic carbocycles. The minimum Gasteiger partial charge on any atom is -0.395 e. The second-order valence-corrected chi connectivity index (χ2v) is 5.78. The molecule has 138 valence electrons. The van der Waals surface area contributed by atoms with Crippen LogP contribution < -0.4 is 10.6 Å². The molecule has 0 saturated heterocycles. The van der Waals surface area contributed by atoms with Gasteiger partial charge in [-0.1, -0.05) is 23.7 Å². The third-order valence-corrected chi connectivity index (χ3v) is 3.62. The van der Waals surface area contributed by atoms with Crippen LogP contribution in [-0.4, -0.2) is 48.2 Å². The lowest BCUT2D eigenvalue weighted by Crippen LogP contribution is -2.29. The van der Waals surface area contributed by atoms with E-state index in [1.54, 1.807) is 12.1 Å². The Morgan fingerprint density at radius 2 is 1.81 bits per heavy atom. The first-order valence-corrected chi connectivity index (χ1v) is 8.43. The molecule has 2 amide bonds. The molecule has 26 heavy (non-hydrogen) atoms. The van der Waals surface area contributed by atoms with Gasteiger partial charge in [0, 0.05) is 29.9 Å². The van der Waals surface area contributed by atoms with Gasteiger partial charge in [-0.05, 0) is 29.8 Å². The summed E-state index contributed by atoms with van der Waals surface area (Å²) in [5.74, 6) is -0.765. The lowest BCUT2D eigenvalue weighted by atomic mass is 10.2. The first kappa shape index (κ1) is 19.8. The van der Waals surface area contributed by atoms with E-state index in [1.165, 1.54) is 18.3 Å². The Hall–Kier alpha value is -2.48. The summed E-state index contributed by atoms with van der Waals surface area (Å²) < 4.78 is 5.49. The molecule has 1 heterocycles. The van der Waals surface area contributed by atoms with Crippen molar-refractivity contribution in [2.75, 3.05) is 26.3 Å².